The molecule has 1 aromatic carbocycles. The number of rotatable bonds is 4. The summed E-state index contributed by atoms with van der Waals surface area (Å²) in [6.07, 6.45) is 5.59. The van der Waals surface area contributed by atoms with E-state index >= 15 is 0 Å². The molecule has 100 valence electrons. The smallest absolute Gasteiger partial charge is 0.328 e. The van der Waals surface area contributed by atoms with Crippen LogP contribution in [0.5, 0.6) is 0 Å². The molecule has 0 aliphatic carbocycles. The van der Waals surface area contributed by atoms with Gasteiger partial charge in [0.2, 0.25) is 0 Å². The van der Waals surface area contributed by atoms with Crippen molar-refractivity contribution in [2.24, 2.45) is 0 Å². The molecule has 0 bridgehead atoms. The maximum absolute atomic E-state index is 11.9. The van der Waals surface area contributed by atoms with Crippen molar-refractivity contribution in [3.63, 3.8) is 0 Å². The highest BCUT2D eigenvalue weighted by atomic mass is 16.4. The third kappa shape index (κ3) is 3.78. The molecular weight excluding hydrogens is 256 g/mol. The summed E-state index contributed by atoms with van der Waals surface area (Å²) in [6.45, 7) is 0. The lowest BCUT2D eigenvalue weighted by atomic mass is 10.1. The number of nitrogens with one attached hydrogen (secondary N) is 1. The molecule has 0 spiro atoms. The van der Waals surface area contributed by atoms with Gasteiger partial charge >= 0.3 is 5.97 Å². The van der Waals surface area contributed by atoms with Gasteiger partial charge in [0.1, 0.15) is 0 Å². The molecule has 1 heterocycles. The van der Waals surface area contributed by atoms with Gasteiger partial charge in [-0.05, 0) is 35.9 Å². The van der Waals surface area contributed by atoms with Crippen LogP contribution < -0.4 is 5.32 Å². The van der Waals surface area contributed by atoms with Gasteiger partial charge in [-0.15, -0.1) is 0 Å². The van der Waals surface area contributed by atoms with Crippen LogP contribution in [0.15, 0.2) is 54.9 Å². The summed E-state index contributed by atoms with van der Waals surface area (Å²) < 4.78 is 0. The first kappa shape index (κ1) is 13.5. The predicted octanol–water partition coefficient (Wildman–Crippen LogP) is 2.43. The molecule has 20 heavy (non-hydrogen) atoms. The topological polar surface area (TPSA) is 79.3 Å². The minimum absolute atomic E-state index is 0.244. The number of carboxylic acids is 1. The molecule has 2 aromatic rings. The number of carbonyl (C=O) groups excluding carboxylic acids is 1. The van der Waals surface area contributed by atoms with Crippen LogP contribution in [0.4, 0.5) is 5.69 Å². The molecule has 5 heteroatoms. The molecule has 1 amide bonds. The van der Waals surface area contributed by atoms with Gasteiger partial charge in [0.25, 0.3) is 5.91 Å². The molecular formula is C15H12N2O3. The fourth-order valence-electron chi connectivity index (χ4n) is 1.59. The number of carbonyl (C=O) groups is 2. The fraction of sp³-hybridized carbons (Fsp3) is 0. The molecule has 2 N–H and O–H groups in total. The van der Waals surface area contributed by atoms with Crippen molar-refractivity contribution in [1.82, 2.24) is 4.98 Å². The molecule has 0 radical (unpaired) electrons. The Bertz CT molecular complexity index is 651. The van der Waals surface area contributed by atoms with E-state index in [4.69, 9.17) is 5.11 Å². The lowest BCUT2D eigenvalue weighted by molar-refractivity contribution is -0.131. The quantitative estimate of drug-likeness (QED) is 0.835. The van der Waals surface area contributed by atoms with E-state index in [-0.39, 0.29) is 5.91 Å². The van der Waals surface area contributed by atoms with E-state index in [1.54, 1.807) is 48.8 Å². The summed E-state index contributed by atoms with van der Waals surface area (Å²) in [4.78, 5) is 26.2. The SMILES string of the molecule is O=C(O)C=Cc1cccc(NC(=O)c2ccncc2)c1. The van der Waals surface area contributed by atoms with Crippen molar-refractivity contribution in [3.8, 4) is 0 Å². The number of aliphatic carboxylic acids is 1. The first-order chi connectivity index (χ1) is 9.65. The predicted molar refractivity (Wildman–Crippen MR) is 75.3 cm³/mol. The van der Waals surface area contributed by atoms with Crippen molar-refractivity contribution in [2.45, 2.75) is 0 Å². The van der Waals surface area contributed by atoms with Crippen LogP contribution in [-0.4, -0.2) is 22.0 Å². The van der Waals surface area contributed by atoms with Gasteiger partial charge in [-0.3, -0.25) is 9.78 Å². The zero-order valence-electron chi connectivity index (χ0n) is 10.5. The van der Waals surface area contributed by atoms with Crippen LogP contribution >= 0.6 is 0 Å². The van der Waals surface area contributed by atoms with Crippen LogP contribution in [0.3, 0.4) is 0 Å². The number of carboxylic acid groups (broad SMARTS) is 1. The molecule has 0 aliphatic rings. The van der Waals surface area contributed by atoms with E-state index in [0.717, 1.165) is 6.08 Å². The highest BCUT2D eigenvalue weighted by Gasteiger charge is 2.05. The van der Waals surface area contributed by atoms with Crippen LogP contribution in [0.25, 0.3) is 6.08 Å². The monoisotopic (exact) mass is 268 g/mol. The number of nitrogens with zero attached hydrogens (tertiary/aromatic N) is 1. The molecule has 0 saturated carbocycles. The van der Waals surface area contributed by atoms with Gasteiger partial charge in [-0.1, -0.05) is 12.1 Å². The van der Waals surface area contributed by atoms with E-state index in [1.807, 2.05) is 0 Å². The van der Waals surface area contributed by atoms with E-state index in [0.29, 0.717) is 16.8 Å². The minimum atomic E-state index is -1.02. The molecule has 2 rings (SSSR count). The van der Waals surface area contributed by atoms with Crippen molar-refractivity contribution < 1.29 is 14.7 Å². The van der Waals surface area contributed by atoms with Gasteiger partial charge in [0.15, 0.2) is 0 Å². The molecule has 0 fully saturated rings. The van der Waals surface area contributed by atoms with E-state index < -0.39 is 5.97 Å². The molecule has 1 aromatic heterocycles. The zero-order chi connectivity index (χ0) is 14.4. The second-order valence-corrected chi connectivity index (χ2v) is 3.99. The van der Waals surface area contributed by atoms with Gasteiger partial charge in [-0.25, -0.2) is 4.79 Å². The zero-order valence-corrected chi connectivity index (χ0v) is 10.5. The molecule has 5 nitrogen and oxygen atoms in total. The summed E-state index contributed by atoms with van der Waals surface area (Å²) in [5.41, 5.74) is 1.80. The Labute approximate surface area is 115 Å². The number of hydrogen-bond donors (Lipinski definition) is 2. The van der Waals surface area contributed by atoms with E-state index in [2.05, 4.69) is 10.3 Å². The maximum Gasteiger partial charge on any atom is 0.328 e. The average molecular weight is 268 g/mol. The van der Waals surface area contributed by atoms with Crippen LogP contribution in [-0.2, 0) is 4.79 Å². The lowest BCUT2D eigenvalue weighted by Crippen LogP contribution is -2.11. The summed E-state index contributed by atoms with van der Waals surface area (Å²) in [6, 6.07) is 10.1. The van der Waals surface area contributed by atoms with Gasteiger partial charge in [0, 0.05) is 29.7 Å². The number of benzene rings is 1. The summed E-state index contributed by atoms with van der Waals surface area (Å²) in [7, 11) is 0. The fourth-order valence-corrected chi connectivity index (χ4v) is 1.59. The highest BCUT2D eigenvalue weighted by Crippen LogP contribution is 2.13. The Morgan fingerprint density at radius 3 is 2.60 bits per heavy atom. The Morgan fingerprint density at radius 2 is 1.90 bits per heavy atom. The van der Waals surface area contributed by atoms with E-state index in [1.165, 1.54) is 6.08 Å². The third-order valence-electron chi connectivity index (χ3n) is 2.51. The first-order valence-electron chi connectivity index (χ1n) is 5.87. The summed E-state index contributed by atoms with van der Waals surface area (Å²) in [5.74, 6) is -1.26. The van der Waals surface area contributed by atoms with Crippen LogP contribution in [0.2, 0.25) is 0 Å². The average Bonchev–Trinajstić information content (AvgIpc) is 2.46. The Balaban J connectivity index is 2.12. The Hall–Kier alpha value is -2.95. The number of pyridine rings is 1. The first-order valence-corrected chi connectivity index (χ1v) is 5.87. The van der Waals surface area contributed by atoms with Crippen LogP contribution in [0.1, 0.15) is 15.9 Å². The number of amides is 1. The van der Waals surface area contributed by atoms with Crippen molar-refractivity contribution in [3.05, 3.63) is 66.0 Å². The lowest BCUT2D eigenvalue weighted by Gasteiger charge is -2.05. The molecule has 0 unspecified atom stereocenters. The molecule has 0 atom stereocenters. The second-order valence-electron chi connectivity index (χ2n) is 3.99. The van der Waals surface area contributed by atoms with Crippen molar-refractivity contribution >= 4 is 23.6 Å². The highest BCUT2D eigenvalue weighted by molar-refractivity contribution is 6.04. The van der Waals surface area contributed by atoms with Crippen molar-refractivity contribution in [1.29, 1.82) is 0 Å². The normalized spacial score (nSPS) is 10.4. The third-order valence-corrected chi connectivity index (χ3v) is 2.51. The van der Waals surface area contributed by atoms with Crippen LogP contribution in [0, 0.1) is 0 Å². The standard InChI is InChI=1S/C15H12N2O3/c18-14(19)5-4-11-2-1-3-13(10-11)17-15(20)12-6-8-16-9-7-12/h1-10H,(H,17,20)(H,18,19). The van der Waals surface area contributed by atoms with Gasteiger partial charge in [0.05, 0.1) is 0 Å². The number of hydrogen-bond acceptors (Lipinski definition) is 3. The number of anilines is 1. The Kier molecular flexibility index (Phi) is 4.24. The maximum atomic E-state index is 11.9. The van der Waals surface area contributed by atoms with E-state index in [9.17, 15) is 9.59 Å². The van der Waals surface area contributed by atoms with Gasteiger partial charge in [-0.2, -0.15) is 0 Å². The van der Waals surface area contributed by atoms with Gasteiger partial charge < -0.3 is 10.4 Å². The van der Waals surface area contributed by atoms with Crippen molar-refractivity contribution in [2.75, 3.05) is 5.32 Å². The summed E-state index contributed by atoms with van der Waals surface area (Å²) in [5, 5.41) is 11.3. The molecule has 0 aliphatic heterocycles. The second kappa shape index (κ2) is 6.29. The number of aromatic nitrogens is 1. The Morgan fingerprint density at radius 1 is 1.15 bits per heavy atom. The largest absolute Gasteiger partial charge is 0.478 e. The molecule has 0 saturated heterocycles. The summed E-state index contributed by atoms with van der Waals surface area (Å²) >= 11 is 0. The minimum Gasteiger partial charge on any atom is -0.478 e.